The van der Waals surface area contributed by atoms with Crippen LogP contribution in [0.25, 0.3) is 0 Å². The Morgan fingerprint density at radius 2 is 1.85 bits per heavy atom. The summed E-state index contributed by atoms with van der Waals surface area (Å²) in [6, 6.07) is 1.82. The van der Waals surface area contributed by atoms with E-state index in [0.717, 1.165) is 0 Å². The molecule has 114 valence electrons. The van der Waals surface area contributed by atoms with E-state index in [1.807, 2.05) is 0 Å². The topological polar surface area (TPSA) is 70.8 Å². The molecular formula is C13H19ClFNO4. The fourth-order valence-electron chi connectivity index (χ4n) is 1.66. The molecule has 7 heteroatoms. The lowest BCUT2D eigenvalue weighted by Crippen LogP contribution is -2.18. The summed E-state index contributed by atoms with van der Waals surface area (Å²) in [6.45, 7) is 1.96. The SMILES string of the molecule is CCOC(=O)C[C@@H](N)c1cc(OC)c(OC)cc1F.Cl. The number of hydrogen-bond acceptors (Lipinski definition) is 5. The molecule has 0 saturated heterocycles. The molecule has 1 aromatic carbocycles. The predicted molar refractivity (Wildman–Crippen MR) is 74.9 cm³/mol. The number of carbonyl (C=O) groups excluding carboxylic acids is 1. The fraction of sp³-hybridized carbons (Fsp3) is 0.462. The van der Waals surface area contributed by atoms with Crippen molar-refractivity contribution in [3.05, 3.63) is 23.5 Å². The number of benzene rings is 1. The van der Waals surface area contributed by atoms with Crippen molar-refractivity contribution in [2.75, 3.05) is 20.8 Å². The van der Waals surface area contributed by atoms with Gasteiger partial charge in [0.25, 0.3) is 0 Å². The van der Waals surface area contributed by atoms with E-state index in [4.69, 9.17) is 19.9 Å². The van der Waals surface area contributed by atoms with Gasteiger partial charge in [0.15, 0.2) is 11.5 Å². The summed E-state index contributed by atoms with van der Waals surface area (Å²) in [5.41, 5.74) is 5.99. The van der Waals surface area contributed by atoms with E-state index in [2.05, 4.69) is 0 Å². The van der Waals surface area contributed by atoms with Gasteiger partial charge in [-0.05, 0) is 13.0 Å². The van der Waals surface area contributed by atoms with Crippen LogP contribution in [0.5, 0.6) is 11.5 Å². The first-order valence-electron chi connectivity index (χ1n) is 5.86. The van der Waals surface area contributed by atoms with Gasteiger partial charge in [-0.15, -0.1) is 12.4 Å². The molecule has 2 N–H and O–H groups in total. The van der Waals surface area contributed by atoms with Crippen molar-refractivity contribution >= 4 is 18.4 Å². The molecule has 1 rings (SSSR count). The molecule has 0 spiro atoms. The van der Waals surface area contributed by atoms with E-state index in [1.165, 1.54) is 26.4 Å². The smallest absolute Gasteiger partial charge is 0.307 e. The van der Waals surface area contributed by atoms with Crippen molar-refractivity contribution in [1.29, 1.82) is 0 Å². The van der Waals surface area contributed by atoms with Crippen LogP contribution >= 0.6 is 12.4 Å². The standard InChI is InChI=1S/C13H18FNO4.ClH/c1-4-19-13(16)7-10(15)8-5-11(17-2)12(18-3)6-9(8)14;/h5-6,10H,4,7,15H2,1-3H3;1H/t10-;/m1./s1. The van der Waals surface area contributed by atoms with Gasteiger partial charge in [-0.1, -0.05) is 0 Å². The molecule has 1 atom stereocenters. The summed E-state index contributed by atoms with van der Waals surface area (Å²) in [5, 5.41) is 0. The Bertz CT molecular complexity index is 456. The fourth-order valence-corrected chi connectivity index (χ4v) is 1.66. The largest absolute Gasteiger partial charge is 0.493 e. The lowest BCUT2D eigenvalue weighted by Gasteiger charge is -2.15. The lowest BCUT2D eigenvalue weighted by molar-refractivity contribution is -0.143. The number of nitrogens with two attached hydrogens (primary N) is 1. The van der Waals surface area contributed by atoms with E-state index in [9.17, 15) is 9.18 Å². The number of methoxy groups -OCH3 is 2. The quantitative estimate of drug-likeness (QED) is 0.816. The molecule has 0 heterocycles. The third-order valence-corrected chi connectivity index (χ3v) is 2.59. The Hall–Kier alpha value is -1.53. The van der Waals surface area contributed by atoms with Crippen molar-refractivity contribution in [2.24, 2.45) is 5.73 Å². The van der Waals surface area contributed by atoms with Gasteiger partial charge in [0, 0.05) is 17.7 Å². The van der Waals surface area contributed by atoms with Crippen LogP contribution in [0.1, 0.15) is 24.9 Å². The summed E-state index contributed by atoms with van der Waals surface area (Å²) >= 11 is 0. The summed E-state index contributed by atoms with van der Waals surface area (Å²) in [4.78, 5) is 11.3. The summed E-state index contributed by atoms with van der Waals surface area (Å²) in [7, 11) is 2.85. The van der Waals surface area contributed by atoms with Crippen molar-refractivity contribution in [1.82, 2.24) is 0 Å². The zero-order valence-electron chi connectivity index (χ0n) is 11.6. The van der Waals surface area contributed by atoms with Gasteiger partial charge in [0.2, 0.25) is 0 Å². The van der Waals surface area contributed by atoms with Gasteiger partial charge in [0.1, 0.15) is 5.82 Å². The van der Waals surface area contributed by atoms with Crippen LogP contribution in [-0.4, -0.2) is 26.8 Å². The molecule has 0 radical (unpaired) electrons. The second-order valence-electron chi connectivity index (χ2n) is 3.84. The van der Waals surface area contributed by atoms with Crippen molar-refractivity contribution in [3.8, 4) is 11.5 Å². The van der Waals surface area contributed by atoms with Crippen LogP contribution in [0.4, 0.5) is 4.39 Å². The van der Waals surface area contributed by atoms with Crippen molar-refractivity contribution in [3.63, 3.8) is 0 Å². The summed E-state index contributed by atoms with van der Waals surface area (Å²) < 4.78 is 28.7. The van der Waals surface area contributed by atoms with Gasteiger partial charge in [-0.3, -0.25) is 4.79 Å². The van der Waals surface area contributed by atoms with Gasteiger partial charge in [-0.25, -0.2) is 4.39 Å². The Kier molecular flexibility index (Phi) is 7.94. The highest BCUT2D eigenvalue weighted by atomic mass is 35.5. The van der Waals surface area contributed by atoms with Crippen LogP contribution in [0, 0.1) is 5.82 Å². The number of halogens is 2. The average Bonchev–Trinajstić information content (AvgIpc) is 2.38. The first-order chi connectivity index (χ1) is 9.03. The van der Waals surface area contributed by atoms with Crippen LogP contribution < -0.4 is 15.2 Å². The third kappa shape index (κ3) is 4.54. The molecule has 0 amide bonds. The number of rotatable bonds is 6. The van der Waals surface area contributed by atoms with Gasteiger partial charge >= 0.3 is 5.97 Å². The van der Waals surface area contributed by atoms with Crippen LogP contribution in [0.2, 0.25) is 0 Å². The number of carbonyl (C=O) groups is 1. The van der Waals surface area contributed by atoms with Crippen LogP contribution in [0.3, 0.4) is 0 Å². The van der Waals surface area contributed by atoms with Gasteiger partial charge in [0.05, 0.1) is 27.2 Å². The highest BCUT2D eigenvalue weighted by Gasteiger charge is 2.19. The summed E-state index contributed by atoms with van der Waals surface area (Å²) in [6.07, 6.45) is -0.0970. The molecule has 20 heavy (non-hydrogen) atoms. The molecule has 0 aliphatic rings. The lowest BCUT2D eigenvalue weighted by atomic mass is 10.0. The van der Waals surface area contributed by atoms with Crippen LogP contribution in [0.15, 0.2) is 12.1 Å². The first-order valence-corrected chi connectivity index (χ1v) is 5.86. The summed E-state index contributed by atoms with van der Waals surface area (Å²) in [5.74, 6) is -0.385. The molecule has 0 aliphatic heterocycles. The van der Waals surface area contributed by atoms with Gasteiger partial charge in [-0.2, -0.15) is 0 Å². The third-order valence-electron chi connectivity index (χ3n) is 2.59. The van der Waals surface area contributed by atoms with E-state index in [0.29, 0.717) is 5.75 Å². The van der Waals surface area contributed by atoms with E-state index in [-0.39, 0.29) is 36.7 Å². The zero-order chi connectivity index (χ0) is 14.4. The monoisotopic (exact) mass is 307 g/mol. The number of esters is 1. The molecular weight excluding hydrogens is 289 g/mol. The van der Waals surface area contributed by atoms with E-state index >= 15 is 0 Å². The van der Waals surface area contributed by atoms with E-state index < -0.39 is 17.8 Å². The molecule has 0 unspecified atom stereocenters. The Labute approximate surface area is 123 Å². The normalized spacial score (nSPS) is 11.2. The molecule has 0 fully saturated rings. The Balaban J connectivity index is 0.00000361. The van der Waals surface area contributed by atoms with Gasteiger partial charge < -0.3 is 19.9 Å². The van der Waals surface area contributed by atoms with Crippen molar-refractivity contribution < 1.29 is 23.4 Å². The number of ether oxygens (including phenoxy) is 3. The van der Waals surface area contributed by atoms with Crippen molar-refractivity contribution in [2.45, 2.75) is 19.4 Å². The van der Waals surface area contributed by atoms with Crippen LogP contribution in [-0.2, 0) is 9.53 Å². The molecule has 0 aliphatic carbocycles. The Morgan fingerprint density at radius 3 is 2.35 bits per heavy atom. The molecule has 0 aromatic heterocycles. The maximum Gasteiger partial charge on any atom is 0.307 e. The second-order valence-corrected chi connectivity index (χ2v) is 3.84. The van der Waals surface area contributed by atoms with E-state index in [1.54, 1.807) is 6.92 Å². The minimum atomic E-state index is -0.793. The number of hydrogen-bond donors (Lipinski definition) is 1. The maximum atomic E-state index is 13.9. The maximum absolute atomic E-state index is 13.9. The Morgan fingerprint density at radius 1 is 1.30 bits per heavy atom. The zero-order valence-corrected chi connectivity index (χ0v) is 12.5. The average molecular weight is 308 g/mol. The highest BCUT2D eigenvalue weighted by Crippen LogP contribution is 2.32. The highest BCUT2D eigenvalue weighted by molar-refractivity contribution is 5.85. The minimum Gasteiger partial charge on any atom is -0.493 e. The molecule has 1 aromatic rings. The molecule has 5 nitrogen and oxygen atoms in total. The first kappa shape index (κ1) is 18.5. The molecule has 0 saturated carbocycles. The second kappa shape index (κ2) is 8.60. The predicted octanol–water partition coefficient (Wildman–Crippen LogP) is 2.22. The minimum absolute atomic E-state index is 0. The molecule has 0 bridgehead atoms.